The summed E-state index contributed by atoms with van der Waals surface area (Å²) in [7, 11) is 0. The summed E-state index contributed by atoms with van der Waals surface area (Å²) in [4.78, 5) is 12.2. The number of nitrogens with zero attached hydrogens (tertiary/aromatic N) is 2. The second-order valence-corrected chi connectivity index (χ2v) is 4.14. The summed E-state index contributed by atoms with van der Waals surface area (Å²) < 4.78 is 1.77. The molecule has 1 aliphatic rings. The Balaban J connectivity index is 2.20. The van der Waals surface area contributed by atoms with Crippen molar-refractivity contribution in [1.82, 2.24) is 15.1 Å². The molecule has 2 rings (SSSR count). The molecule has 0 aliphatic carbocycles. The molecule has 82 valence electrons. The fraction of sp³-hybridized carbons (Fsp3) is 0.636. The van der Waals surface area contributed by atoms with Crippen LogP contribution in [-0.2, 0) is 6.54 Å². The first-order valence-corrected chi connectivity index (χ1v) is 5.50. The van der Waals surface area contributed by atoms with Crippen LogP contribution in [0, 0.1) is 11.8 Å². The zero-order chi connectivity index (χ0) is 10.8. The molecule has 0 amide bonds. The fourth-order valence-electron chi connectivity index (χ4n) is 2.14. The van der Waals surface area contributed by atoms with Gasteiger partial charge in [0.15, 0.2) is 5.78 Å². The minimum Gasteiger partial charge on any atom is -0.316 e. The zero-order valence-corrected chi connectivity index (χ0v) is 9.23. The molecular formula is C11H17N3O. The second-order valence-electron chi connectivity index (χ2n) is 4.14. The van der Waals surface area contributed by atoms with Gasteiger partial charge in [0.05, 0.1) is 0 Å². The molecule has 0 bridgehead atoms. The van der Waals surface area contributed by atoms with Crippen LogP contribution in [0.25, 0.3) is 0 Å². The predicted octanol–water partition coefficient (Wildman–Crippen LogP) is 0.941. The number of rotatable bonds is 3. The largest absolute Gasteiger partial charge is 0.316 e. The van der Waals surface area contributed by atoms with Crippen LogP contribution < -0.4 is 5.32 Å². The quantitative estimate of drug-likeness (QED) is 0.750. The number of Topliss-reactive ketones (excluding diaryl/α,β-unsaturated/α-hetero) is 1. The second kappa shape index (κ2) is 4.14. The van der Waals surface area contributed by atoms with Crippen molar-refractivity contribution in [3.05, 3.63) is 18.0 Å². The summed E-state index contributed by atoms with van der Waals surface area (Å²) in [5.74, 6) is 0.775. The molecule has 4 nitrogen and oxygen atoms in total. The smallest absolute Gasteiger partial charge is 0.185 e. The molecule has 1 fully saturated rings. The lowest BCUT2D eigenvalue weighted by molar-refractivity contribution is 0.0896. The number of carbonyl (C=O) groups excluding carboxylic acids is 1. The molecule has 0 spiro atoms. The van der Waals surface area contributed by atoms with Gasteiger partial charge >= 0.3 is 0 Å². The topological polar surface area (TPSA) is 46.9 Å². The maximum Gasteiger partial charge on any atom is 0.185 e. The Kier molecular flexibility index (Phi) is 2.86. The molecular weight excluding hydrogens is 190 g/mol. The van der Waals surface area contributed by atoms with Gasteiger partial charge in [-0.3, -0.25) is 9.48 Å². The van der Waals surface area contributed by atoms with Crippen LogP contribution in [0.3, 0.4) is 0 Å². The lowest BCUT2D eigenvalue weighted by Crippen LogP contribution is -2.24. The van der Waals surface area contributed by atoms with Crippen LogP contribution in [0.5, 0.6) is 0 Å². The van der Waals surface area contributed by atoms with Gasteiger partial charge in [-0.1, -0.05) is 6.92 Å². The summed E-state index contributed by atoms with van der Waals surface area (Å²) in [5, 5.41) is 7.38. The number of aryl methyl sites for hydroxylation is 1. The van der Waals surface area contributed by atoms with Crippen molar-refractivity contribution in [2.24, 2.45) is 11.8 Å². The Morgan fingerprint density at radius 2 is 2.47 bits per heavy atom. The van der Waals surface area contributed by atoms with Crippen LogP contribution in [-0.4, -0.2) is 28.7 Å². The number of hydrogen-bond donors (Lipinski definition) is 1. The van der Waals surface area contributed by atoms with Gasteiger partial charge in [0.1, 0.15) is 5.69 Å². The number of nitrogens with one attached hydrogen (secondary N) is 1. The maximum atomic E-state index is 12.2. The van der Waals surface area contributed by atoms with E-state index in [-0.39, 0.29) is 11.7 Å². The molecule has 1 aromatic heterocycles. The third kappa shape index (κ3) is 1.81. The van der Waals surface area contributed by atoms with Crippen molar-refractivity contribution in [2.75, 3.05) is 13.1 Å². The molecule has 1 aliphatic heterocycles. The molecule has 0 aromatic carbocycles. The molecule has 1 aromatic rings. The van der Waals surface area contributed by atoms with Crippen molar-refractivity contribution in [3.8, 4) is 0 Å². The summed E-state index contributed by atoms with van der Waals surface area (Å²) in [6.07, 6.45) is 1.70. The van der Waals surface area contributed by atoms with E-state index in [2.05, 4.69) is 17.3 Å². The van der Waals surface area contributed by atoms with E-state index < -0.39 is 0 Å². The highest BCUT2D eigenvalue weighted by atomic mass is 16.1. The molecule has 2 atom stereocenters. The van der Waals surface area contributed by atoms with Crippen LogP contribution in [0.2, 0.25) is 0 Å². The molecule has 0 radical (unpaired) electrons. The standard InChI is InChI=1S/C11H17N3O/c1-3-14-10(4-5-13-14)11(15)9-7-12-6-8(9)2/h4-5,8-9,12H,3,6-7H2,1-2H3. The van der Waals surface area contributed by atoms with Crippen LogP contribution in [0.15, 0.2) is 12.3 Å². The van der Waals surface area contributed by atoms with Crippen molar-refractivity contribution >= 4 is 5.78 Å². The van der Waals surface area contributed by atoms with Gasteiger partial charge in [-0.25, -0.2) is 0 Å². The van der Waals surface area contributed by atoms with Crippen molar-refractivity contribution in [1.29, 1.82) is 0 Å². The van der Waals surface area contributed by atoms with E-state index in [1.54, 1.807) is 10.9 Å². The van der Waals surface area contributed by atoms with E-state index in [0.29, 0.717) is 5.92 Å². The molecule has 1 saturated heterocycles. The predicted molar refractivity (Wildman–Crippen MR) is 57.8 cm³/mol. The molecule has 4 heteroatoms. The summed E-state index contributed by atoms with van der Waals surface area (Å²) in [5.41, 5.74) is 0.748. The molecule has 1 N–H and O–H groups in total. The van der Waals surface area contributed by atoms with Gasteiger partial charge in [-0.05, 0) is 25.5 Å². The monoisotopic (exact) mass is 207 g/mol. The summed E-state index contributed by atoms with van der Waals surface area (Å²) in [6, 6.07) is 1.82. The van der Waals surface area contributed by atoms with E-state index in [4.69, 9.17) is 0 Å². The van der Waals surface area contributed by atoms with Crippen molar-refractivity contribution in [2.45, 2.75) is 20.4 Å². The Labute approximate surface area is 89.7 Å². The van der Waals surface area contributed by atoms with Gasteiger partial charge in [0.25, 0.3) is 0 Å². The lowest BCUT2D eigenvalue weighted by atomic mass is 9.92. The first-order chi connectivity index (χ1) is 7.24. The molecule has 15 heavy (non-hydrogen) atoms. The highest BCUT2D eigenvalue weighted by Crippen LogP contribution is 2.20. The first-order valence-electron chi connectivity index (χ1n) is 5.50. The highest BCUT2D eigenvalue weighted by molar-refractivity contribution is 5.96. The molecule has 2 unspecified atom stereocenters. The zero-order valence-electron chi connectivity index (χ0n) is 9.23. The summed E-state index contributed by atoms with van der Waals surface area (Å²) >= 11 is 0. The highest BCUT2D eigenvalue weighted by Gasteiger charge is 2.31. The van der Waals surface area contributed by atoms with E-state index in [9.17, 15) is 4.79 Å². The van der Waals surface area contributed by atoms with E-state index in [0.717, 1.165) is 25.3 Å². The average molecular weight is 207 g/mol. The van der Waals surface area contributed by atoms with Gasteiger partial charge in [0, 0.05) is 25.2 Å². The fourth-order valence-corrected chi connectivity index (χ4v) is 2.14. The SMILES string of the molecule is CCn1nccc1C(=O)C1CNCC1C. The number of ketones is 1. The van der Waals surface area contributed by atoms with Gasteiger partial charge < -0.3 is 5.32 Å². The van der Waals surface area contributed by atoms with Crippen LogP contribution >= 0.6 is 0 Å². The Morgan fingerprint density at radius 1 is 1.67 bits per heavy atom. The first kappa shape index (κ1) is 10.4. The maximum absolute atomic E-state index is 12.2. The summed E-state index contributed by atoms with van der Waals surface area (Å²) in [6.45, 7) is 6.61. The van der Waals surface area contributed by atoms with E-state index >= 15 is 0 Å². The van der Waals surface area contributed by atoms with Crippen molar-refractivity contribution < 1.29 is 4.79 Å². The number of hydrogen-bond acceptors (Lipinski definition) is 3. The van der Waals surface area contributed by atoms with Crippen LogP contribution in [0.4, 0.5) is 0 Å². The minimum atomic E-state index is 0.118. The van der Waals surface area contributed by atoms with Gasteiger partial charge in [0.2, 0.25) is 0 Å². The van der Waals surface area contributed by atoms with Crippen LogP contribution in [0.1, 0.15) is 24.3 Å². The minimum absolute atomic E-state index is 0.118. The normalized spacial score (nSPS) is 25.7. The number of carbonyl (C=O) groups is 1. The van der Waals surface area contributed by atoms with Gasteiger partial charge in [-0.15, -0.1) is 0 Å². The van der Waals surface area contributed by atoms with E-state index in [1.807, 2.05) is 13.0 Å². The Morgan fingerprint density at radius 3 is 3.07 bits per heavy atom. The third-order valence-electron chi connectivity index (χ3n) is 3.12. The lowest BCUT2D eigenvalue weighted by Gasteiger charge is -2.13. The Hall–Kier alpha value is -1.16. The number of aromatic nitrogens is 2. The molecule has 2 heterocycles. The third-order valence-corrected chi connectivity index (χ3v) is 3.12. The average Bonchev–Trinajstić information content (AvgIpc) is 2.84. The Bertz CT molecular complexity index is 358. The van der Waals surface area contributed by atoms with E-state index in [1.165, 1.54) is 0 Å². The molecule has 0 saturated carbocycles. The van der Waals surface area contributed by atoms with Crippen molar-refractivity contribution in [3.63, 3.8) is 0 Å². The van der Waals surface area contributed by atoms with Gasteiger partial charge in [-0.2, -0.15) is 5.10 Å².